The first-order valence-electron chi connectivity index (χ1n) is 10.5. The summed E-state index contributed by atoms with van der Waals surface area (Å²) in [4.78, 5) is 42.0. The molecule has 2 aliphatic rings. The summed E-state index contributed by atoms with van der Waals surface area (Å²) in [7, 11) is 3.82. The van der Waals surface area contributed by atoms with Crippen LogP contribution in [0.2, 0.25) is 0 Å². The molecule has 2 fully saturated rings. The Labute approximate surface area is 176 Å². The number of carbonyl (C=O) groups excluding carboxylic acids is 2. The lowest BCUT2D eigenvalue weighted by Gasteiger charge is -2.33. The molecule has 30 heavy (non-hydrogen) atoms. The molecule has 158 valence electrons. The summed E-state index contributed by atoms with van der Waals surface area (Å²) < 4.78 is 0. The van der Waals surface area contributed by atoms with E-state index in [1.807, 2.05) is 42.1 Å². The van der Waals surface area contributed by atoms with E-state index in [4.69, 9.17) is 0 Å². The fourth-order valence-corrected chi connectivity index (χ4v) is 4.55. The number of likely N-dealkylation sites (tertiary alicyclic amines) is 1. The zero-order valence-electron chi connectivity index (χ0n) is 17.5. The van der Waals surface area contributed by atoms with Crippen molar-refractivity contribution in [2.24, 2.45) is 11.8 Å². The summed E-state index contributed by atoms with van der Waals surface area (Å²) in [5, 5.41) is 3.18. The van der Waals surface area contributed by atoms with Gasteiger partial charge in [0.25, 0.3) is 5.91 Å². The maximum atomic E-state index is 12.8. The summed E-state index contributed by atoms with van der Waals surface area (Å²) in [6.07, 6.45) is 7.91. The van der Waals surface area contributed by atoms with Crippen molar-refractivity contribution >= 4 is 11.8 Å². The van der Waals surface area contributed by atoms with Crippen LogP contribution in [-0.4, -0.2) is 76.3 Å². The Morgan fingerprint density at radius 3 is 2.63 bits per heavy atom. The first kappa shape index (κ1) is 20.4. The molecule has 3 heterocycles. The van der Waals surface area contributed by atoms with Crippen molar-refractivity contribution in [3.8, 4) is 11.5 Å². The second-order valence-corrected chi connectivity index (χ2v) is 8.48. The number of fused-ring (bicyclic) bond motifs is 1. The molecule has 3 atom stereocenters. The van der Waals surface area contributed by atoms with Crippen molar-refractivity contribution in [1.82, 2.24) is 30.1 Å². The number of nitrogens with zero attached hydrogens (tertiary/aromatic N) is 5. The minimum atomic E-state index is -0.161. The lowest BCUT2D eigenvalue weighted by atomic mass is 9.78. The van der Waals surface area contributed by atoms with Crippen molar-refractivity contribution in [2.75, 3.05) is 33.7 Å². The molecule has 1 aliphatic carbocycles. The van der Waals surface area contributed by atoms with E-state index in [0.717, 1.165) is 32.4 Å². The van der Waals surface area contributed by atoms with E-state index in [9.17, 15) is 9.59 Å². The third kappa shape index (κ3) is 4.48. The molecule has 0 radical (unpaired) electrons. The fraction of sp³-hybridized carbons (Fsp3) is 0.500. The van der Waals surface area contributed by atoms with Gasteiger partial charge in [-0.1, -0.05) is 12.5 Å². The molecule has 1 saturated heterocycles. The fourth-order valence-electron chi connectivity index (χ4n) is 4.55. The first-order chi connectivity index (χ1) is 14.5. The molecule has 1 saturated carbocycles. The third-order valence-corrected chi connectivity index (χ3v) is 6.03. The molecule has 1 aliphatic heterocycles. The number of hydrogen-bond acceptors (Lipinski definition) is 6. The number of nitrogens with one attached hydrogen (secondary N) is 1. The molecule has 0 aromatic carbocycles. The van der Waals surface area contributed by atoms with Gasteiger partial charge < -0.3 is 15.1 Å². The summed E-state index contributed by atoms with van der Waals surface area (Å²) in [6, 6.07) is 5.62. The zero-order valence-corrected chi connectivity index (χ0v) is 17.5. The van der Waals surface area contributed by atoms with Crippen LogP contribution < -0.4 is 5.32 Å². The van der Waals surface area contributed by atoms with E-state index in [1.165, 1.54) is 0 Å². The molecule has 2 amide bonds. The van der Waals surface area contributed by atoms with Gasteiger partial charge in [-0.3, -0.25) is 14.6 Å². The first-order valence-corrected chi connectivity index (χ1v) is 10.5. The van der Waals surface area contributed by atoms with Crippen LogP contribution in [0.5, 0.6) is 0 Å². The topological polar surface area (TPSA) is 91.3 Å². The predicted octanol–water partition coefficient (Wildman–Crippen LogP) is 1.46. The highest BCUT2D eigenvalue weighted by molar-refractivity contribution is 5.94. The van der Waals surface area contributed by atoms with Crippen LogP contribution in [0.25, 0.3) is 11.5 Å². The molecule has 4 rings (SSSR count). The van der Waals surface area contributed by atoms with Gasteiger partial charge in [0.2, 0.25) is 5.91 Å². The van der Waals surface area contributed by atoms with E-state index >= 15 is 0 Å². The number of likely N-dealkylation sites (N-methyl/N-ethyl adjacent to an activating group) is 1. The van der Waals surface area contributed by atoms with Crippen LogP contribution >= 0.6 is 0 Å². The van der Waals surface area contributed by atoms with E-state index in [1.54, 1.807) is 18.6 Å². The van der Waals surface area contributed by atoms with E-state index in [0.29, 0.717) is 35.5 Å². The highest BCUT2D eigenvalue weighted by Crippen LogP contribution is 2.36. The van der Waals surface area contributed by atoms with Crippen LogP contribution in [0.1, 0.15) is 29.6 Å². The van der Waals surface area contributed by atoms with E-state index in [2.05, 4.69) is 20.3 Å². The van der Waals surface area contributed by atoms with Crippen LogP contribution in [0.4, 0.5) is 0 Å². The van der Waals surface area contributed by atoms with Gasteiger partial charge in [-0.25, -0.2) is 9.97 Å². The molecular formula is C22H28N6O2. The molecule has 8 nitrogen and oxygen atoms in total. The summed E-state index contributed by atoms with van der Waals surface area (Å²) >= 11 is 0. The summed E-state index contributed by atoms with van der Waals surface area (Å²) in [5.74, 6) is 1.26. The quantitative estimate of drug-likeness (QED) is 0.805. The molecule has 0 bridgehead atoms. The maximum absolute atomic E-state index is 12.8. The van der Waals surface area contributed by atoms with Crippen LogP contribution in [-0.2, 0) is 4.79 Å². The van der Waals surface area contributed by atoms with Gasteiger partial charge in [-0.15, -0.1) is 0 Å². The lowest BCUT2D eigenvalue weighted by Crippen LogP contribution is -2.45. The second kappa shape index (κ2) is 8.87. The van der Waals surface area contributed by atoms with Crippen molar-refractivity contribution in [1.29, 1.82) is 0 Å². The number of hydrogen-bond donors (Lipinski definition) is 1. The van der Waals surface area contributed by atoms with Gasteiger partial charge in [0, 0.05) is 43.6 Å². The third-order valence-electron chi connectivity index (χ3n) is 6.03. The number of pyridine rings is 1. The smallest absolute Gasteiger partial charge is 0.254 e. The summed E-state index contributed by atoms with van der Waals surface area (Å²) in [6.45, 7) is 1.94. The average Bonchev–Trinajstić information content (AvgIpc) is 3.20. The molecule has 0 spiro atoms. The lowest BCUT2D eigenvalue weighted by molar-refractivity contribution is -0.131. The number of carbonyl (C=O) groups is 2. The van der Waals surface area contributed by atoms with Crippen LogP contribution in [0.3, 0.4) is 0 Å². The Hall–Kier alpha value is -2.87. The molecule has 0 unspecified atom stereocenters. The summed E-state index contributed by atoms with van der Waals surface area (Å²) in [5.41, 5.74) is 1.11. The SMILES string of the molecule is CN(C)CC(=O)N1C[C@@H]2CCC[C@H](NC(=O)c3cnc(-c4ccccn4)nc3)[C@@H]2C1. The van der Waals surface area contributed by atoms with E-state index < -0.39 is 0 Å². The van der Waals surface area contributed by atoms with Gasteiger partial charge in [-0.05, 0) is 45.0 Å². The largest absolute Gasteiger partial charge is 0.349 e. The number of rotatable bonds is 5. The van der Waals surface area contributed by atoms with Crippen molar-refractivity contribution in [2.45, 2.75) is 25.3 Å². The van der Waals surface area contributed by atoms with Crippen molar-refractivity contribution in [3.05, 3.63) is 42.4 Å². The Morgan fingerprint density at radius 1 is 1.13 bits per heavy atom. The predicted molar refractivity (Wildman–Crippen MR) is 112 cm³/mol. The highest BCUT2D eigenvalue weighted by atomic mass is 16.2. The van der Waals surface area contributed by atoms with Crippen LogP contribution in [0.15, 0.2) is 36.8 Å². The maximum Gasteiger partial charge on any atom is 0.254 e. The molecule has 2 aromatic rings. The Morgan fingerprint density at radius 2 is 1.93 bits per heavy atom. The monoisotopic (exact) mass is 408 g/mol. The van der Waals surface area contributed by atoms with Gasteiger partial charge in [-0.2, -0.15) is 0 Å². The number of aromatic nitrogens is 3. The molecular weight excluding hydrogens is 380 g/mol. The van der Waals surface area contributed by atoms with Crippen LogP contribution in [0, 0.1) is 11.8 Å². The standard InChI is InChI=1S/C22H28N6O2/c1-27(2)14-20(29)28-12-15-6-5-8-18(17(15)13-28)26-22(30)16-10-24-21(25-11-16)19-7-3-4-9-23-19/h3-4,7,9-11,15,17-18H,5-6,8,12-14H2,1-2H3,(H,26,30)/t15-,17+,18-/m0/s1. The molecule has 8 heteroatoms. The van der Waals surface area contributed by atoms with Crippen molar-refractivity contribution in [3.63, 3.8) is 0 Å². The minimum Gasteiger partial charge on any atom is -0.349 e. The Balaban J connectivity index is 1.40. The van der Waals surface area contributed by atoms with Gasteiger partial charge in [0.15, 0.2) is 5.82 Å². The van der Waals surface area contributed by atoms with Gasteiger partial charge in [0.05, 0.1) is 12.1 Å². The zero-order chi connectivity index (χ0) is 21.1. The van der Waals surface area contributed by atoms with Gasteiger partial charge >= 0.3 is 0 Å². The van der Waals surface area contributed by atoms with Crippen molar-refractivity contribution < 1.29 is 9.59 Å². The Bertz CT molecular complexity index is 886. The second-order valence-electron chi connectivity index (χ2n) is 8.48. The normalized spacial score (nSPS) is 23.3. The van der Waals surface area contributed by atoms with Gasteiger partial charge in [0.1, 0.15) is 5.69 Å². The molecule has 1 N–H and O–H groups in total. The molecule has 2 aromatic heterocycles. The Kier molecular flexibility index (Phi) is 6.03. The van der Waals surface area contributed by atoms with E-state index in [-0.39, 0.29) is 17.9 Å². The number of amides is 2. The highest BCUT2D eigenvalue weighted by Gasteiger charge is 2.42. The minimum absolute atomic E-state index is 0.0730. The average molecular weight is 409 g/mol.